The molecule has 0 saturated carbocycles. The summed E-state index contributed by atoms with van der Waals surface area (Å²) in [5.74, 6) is -0.556. The molecule has 1 aromatic carbocycles. The number of anilines is 1. The van der Waals surface area contributed by atoms with Gasteiger partial charge < -0.3 is 10.5 Å². The number of esters is 1. The first-order chi connectivity index (χ1) is 8.13. The summed E-state index contributed by atoms with van der Waals surface area (Å²) in [5, 5.41) is 8.40. The topological polar surface area (TPSA) is 78.1 Å². The monoisotopic (exact) mass is 295 g/mol. The highest BCUT2D eigenvalue weighted by molar-refractivity contribution is 9.10. The molecule has 0 aliphatic heterocycles. The number of carbonyl (C=O) groups is 1. The first-order valence-electron chi connectivity index (χ1n) is 5.02. The zero-order chi connectivity index (χ0) is 12.4. The van der Waals surface area contributed by atoms with Gasteiger partial charge in [0.2, 0.25) is 0 Å². The number of carbonyl (C=O) groups excluding carboxylic acids is 1. The molecule has 0 bridgehead atoms. The summed E-state index contributed by atoms with van der Waals surface area (Å²) in [7, 11) is 0. The van der Waals surface area contributed by atoms with Crippen molar-refractivity contribution in [3.05, 3.63) is 28.4 Å². The van der Waals surface area contributed by atoms with Crippen LogP contribution >= 0.6 is 15.9 Å². The summed E-state index contributed by atoms with van der Waals surface area (Å²) < 4.78 is 5.72. The zero-order valence-electron chi connectivity index (χ0n) is 9.11. The highest BCUT2D eigenvalue weighted by atomic mass is 79.9. The van der Waals surface area contributed by atoms with E-state index in [-0.39, 0.29) is 18.0 Å². The molecule has 0 spiro atoms. The van der Waals surface area contributed by atoms with Crippen molar-refractivity contribution in [2.45, 2.75) is 6.92 Å². The van der Waals surface area contributed by atoms with Crippen molar-refractivity contribution in [1.82, 2.24) is 10.2 Å². The number of fused-ring (bicyclic) bond motifs is 1. The van der Waals surface area contributed by atoms with E-state index in [0.29, 0.717) is 10.9 Å². The Bertz CT molecular complexity index is 586. The smallest absolute Gasteiger partial charge is 0.361 e. The maximum Gasteiger partial charge on any atom is 0.361 e. The highest BCUT2D eigenvalue weighted by Crippen LogP contribution is 2.25. The first-order valence-corrected chi connectivity index (χ1v) is 5.81. The van der Waals surface area contributed by atoms with Gasteiger partial charge in [0.05, 0.1) is 17.8 Å². The van der Waals surface area contributed by atoms with Crippen molar-refractivity contribution < 1.29 is 9.53 Å². The highest BCUT2D eigenvalue weighted by Gasteiger charge is 2.16. The van der Waals surface area contributed by atoms with Crippen LogP contribution in [0.1, 0.15) is 17.4 Å². The van der Waals surface area contributed by atoms with E-state index in [1.165, 1.54) is 0 Å². The Morgan fingerprint density at radius 3 is 2.94 bits per heavy atom. The Morgan fingerprint density at radius 2 is 2.24 bits per heavy atom. The third-order valence-corrected chi connectivity index (χ3v) is 2.72. The number of nitrogen functional groups attached to an aromatic ring is 1. The first kappa shape index (κ1) is 11.8. The average molecular weight is 296 g/mol. The molecule has 0 aliphatic rings. The van der Waals surface area contributed by atoms with E-state index >= 15 is 0 Å². The lowest BCUT2D eigenvalue weighted by atomic mass is 10.2. The normalized spacial score (nSPS) is 10.5. The van der Waals surface area contributed by atoms with Gasteiger partial charge in [0.1, 0.15) is 0 Å². The Kier molecular flexibility index (Phi) is 3.23. The SMILES string of the molecule is CCOC(=O)c1nnc2ccc(Br)cc2c1N. The van der Waals surface area contributed by atoms with Gasteiger partial charge in [-0.25, -0.2) is 4.79 Å². The van der Waals surface area contributed by atoms with Crippen LogP contribution in [0.5, 0.6) is 0 Å². The van der Waals surface area contributed by atoms with Gasteiger partial charge in [-0.1, -0.05) is 15.9 Å². The second kappa shape index (κ2) is 4.67. The van der Waals surface area contributed by atoms with Gasteiger partial charge in [0.15, 0.2) is 5.69 Å². The lowest BCUT2D eigenvalue weighted by Crippen LogP contribution is -2.11. The second-order valence-corrected chi connectivity index (χ2v) is 4.26. The van der Waals surface area contributed by atoms with Gasteiger partial charge in [-0.15, -0.1) is 10.2 Å². The van der Waals surface area contributed by atoms with Crippen molar-refractivity contribution in [3.8, 4) is 0 Å². The van der Waals surface area contributed by atoms with Gasteiger partial charge in [0.25, 0.3) is 0 Å². The number of aromatic nitrogens is 2. The second-order valence-electron chi connectivity index (χ2n) is 3.34. The van der Waals surface area contributed by atoms with Crippen molar-refractivity contribution >= 4 is 38.5 Å². The summed E-state index contributed by atoms with van der Waals surface area (Å²) in [6.07, 6.45) is 0. The molecule has 0 unspecified atom stereocenters. The Labute approximate surface area is 106 Å². The minimum absolute atomic E-state index is 0.0532. The van der Waals surface area contributed by atoms with E-state index < -0.39 is 5.97 Å². The summed E-state index contributed by atoms with van der Waals surface area (Å²) in [4.78, 5) is 11.6. The van der Waals surface area contributed by atoms with E-state index in [1.54, 1.807) is 19.1 Å². The van der Waals surface area contributed by atoms with Crippen molar-refractivity contribution in [3.63, 3.8) is 0 Å². The maximum absolute atomic E-state index is 11.6. The standard InChI is InChI=1S/C11H10BrN3O2/c1-2-17-11(16)10-9(13)7-5-6(12)3-4-8(7)14-15-10/h3-5H,2H2,1H3,(H2,13,14). The van der Waals surface area contributed by atoms with Crippen molar-refractivity contribution in [1.29, 1.82) is 0 Å². The minimum atomic E-state index is -0.556. The van der Waals surface area contributed by atoms with Gasteiger partial charge in [-0.2, -0.15) is 0 Å². The van der Waals surface area contributed by atoms with Crippen molar-refractivity contribution in [2.24, 2.45) is 0 Å². The predicted molar refractivity (Wildman–Crippen MR) is 67.6 cm³/mol. The fraction of sp³-hybridized carbons (Fsp3) is 0.182. The van der Waals surface area contributed by atoms with Crippen LogP contribution in [0.25, 0.3) is 10.9 Å². The number of benzene rings is 1. The molecule has 0 radical (unpaired) electrons. The number of ether oxygens (including phenoxy) is 1. The number of nitrogens with zero attached hydrogens (tertiary/aromatic N) is 2. The van der Waals surface area contributed by atoms with Crippen LogP contribution in [0.4, 0.5) is 5.69 Å². The molecule has 17 heavy (non-hydrogen) atoms. The Balaban J connectivity index is 2.60. The molecule has 1 aromatic heterocycles. The summed E-state index contributed by atoms with van der Waals surface area (Å²) in [5.41, 5.74) is 6.87. The van der Waals surface area contributed by atoms with E-state index in [2.05, 4.69) is 26.1 Å². The van der Waals surface area contributed by atoms with Crippen LogP contribution < -0.4 is 5.73 Å². The molecule has 1 heterocycles. The number of nitrogens with two attached hydrogens (primary N) is 1. The molecule has 0 fully saturated rings. The van der Waals surface area contributed by atoms with Crippen LogP contribution in [-0.4, -0.2) is 22.8 Å². The van der Waals surface area contributed by atoms with E-state index in [4.69, 9.17) is 10.5 Å². The van der Waals surface area contributed by atoms with Crippen LogP contribution in [0, 0.1) is 0 Å². The van der Waals surface area contributed by atoms with Crippen LogP contribution in [0.2, 0.25) is 0 Å². The molecule has 5 nitrogen and oxygen atoms in total. The van der Waals surface area contributed by atoms with Gasteiger partial charge in [-0.3, -0.25) is 0 Å². The average Bonchev–Trinajstić information content (AvgIpc) is 2.30. The van der Waals surface area contributed by atoms with Gasteiger partial charge in [-0.05, 0) is 25.1 Å². The number of halogens is 1. The molecule has 6 heteroatoms. The van der Waals surface area contributed by atoms with Crippen molar-refractivity contribution in [2.75, 3.05) is 12.3 Å². The van der Waals surface area contributed by atoms with Crippen LogP contribution in [0.3, 0.4) is 0 Å². The van der Waals surface area contributed by atoms with Crippen LogP contribution in [0.15, 0.2) is 22.7 Å². The molecular formula is C11H10BrN3O2. The van der Waals surface area contributed by atoms with Crippen LogP contribution in [-0.2, 0) is 4.74 Å². The molecule has 2 N–H and O–H groups in total. The third-order valence-electron chi connectivity index (χ3n) is 2.23. The maximum atomic E-state index is 11.6. The number of hydrogen-bond acceptors (Lipinski definition) is 5. The van der Waals surface area contributed by atoms with E-state index in [9.17, 15) is 4.79 Å². The fourth-order valence-electron chi connectivity index (χ4n) is 1.45. The van der Waals surface area contributed by atoms with Gasteiger partial charge >= 0.3 is 5.97 Å². The molecule has 0 amide bonds. The zero-order valence-corrected chi connectivity index (χ0v) is 10.7. The molecule has 2 aromatic rings. The van der Waals surface area contributed by atoms with Gasteiger partial charge in [0, 0.05) is 9.86 Å². The lowest BCUT2D eigenvalue weighted by molar-refractivity contribution is 0.0520. The Hall–Kier alpha value is -1.69. The number of hydrogen-bond donors (Lipinski definition) is 1. The van der Waals surface area contributed by atoms with E-state index in [0.717, 1.165) is 4.47 Å². The Morgan fingerprint density at radius 1 is 1.47 bits per heavy atom. The van der Waals surface area contributed by atoms with E-state index in [1.807, 2.05) is 6.07 Å². The lowest BCUT2D eigenvalue weighted by Gasteiger charge is -2.06. The minimum Gasteiger partial charge on any atom is -0.461 e. The molecule has 0 saturated heterocycles. The summed E-state index contributed by atoms with van der Waals surface area (Å²) >= 11 is 3.34. The third kappa shape index (κ3) is 2.21. The largest absolute Gasteiger partial charge is 0.461 e. The predicted octanol–water partition coefficient (Wildman–Crippen LogP) is 2.15. The molecule has 88 valence electrons. The number of rotatable bonds is 2. The summed E-state index contributed by atoms with van der Waals surface area (Å²) in [6, 6.07) is 5.40. The molecule has 0 atom stereocenters. The fourth-order valence-corrected chi connectivity index (χ4v) is 1.81. The molecular weight excluding hydrogens is 286 g/mol. The quantitative estimate of drug-likeness (QED) is 0.859. The summed E-state index contributed by atoms with van der Waals surface area (Å²) in [6.45, 7) is 2.00. The molecule has 0 aliphatic carbocycles. The molecule has 2 rings (SSSR count).